The number of carbonyl (C=O) groups excluding carboxylic acids is 1. The zero-order chi connectivity index (χ0) is 19.1. The standard InChI is InChI=1S/C23H24N4O/c1-17-24-25-21-16-26(15-20(27(17)21)14-18-8-4-2-5-9-18)22(28)23(12-13-23)19-10-6-3-7-11-19/h2-11,20H,12-16H2,1H3/t20-/m1/s1. The second-order valence-corrected chi connectivity index (χ2v) is 8.01. The smallest absolute Gasteiger partial charge is 0.233 e. The van der Waals surface area contributed by atoms with Crippen LogP contribution in [0.5, 0.6) is 0 Å². The summed E-state index contributed by atoms with van der Waals surface area (Å²) < 4.78 is 2.22. The van der Waals surface area contributed by atoms with Gasteiger partial charge >= 0.3 is 0 Å². The van der Waals surface area contributed by atoms with E-state index >= 15 is 0 Å². The van der Waals surface area contributed by atoms with Gasteiger partial charge in [0, 0.05) is 6.54 Å². The lowest BCUT2D eigenvalue weighted by molar-refractivity contribution is -0.136. The summed E-state index contributed by atoms with van der Waals surface area (Å²) in [6.07, 6.45) is 2.73. The summed E-state index contributed by atoms with van der Waals surface area (Å²) in [5, 5.41) is 8.67. The minimum atomic E-state index is -0.338. The van der Waals surface area contributed by atoms with Crippen LogP contribution < -0.4 is 0 Å². The van der Waals surface area contributed by atoms with Crippen molar-refractivity contribution in [1.82, 2.24) is 19.7 Å². The highest BCUT2D eigenvalue weighted by molar-refractivity contribution is 5.91. The Balaban J connectivity index is 1.45. The molecule has 142 valence electrons. The highest BCUT2D eigenvalue weighted by Gasteiger charge is 2.53. The van der Waals surface area contributed by atoms with Crippen molar-refractivity contribution >= 4 is 5.91 Å². The summed E-state index contributed by atoms with van der Waals surface area (Å²) in [5.74, 6) is 2.05. The van der Waals surface area contributed by atoms with Crippen LogP contribution in [-0.2, 0) is 23.2 Å². The van der Waals surface area contributed by atoms with Gasteiger partial charge in [-0.1, -0.05) is 60.7 Å². The summed E-state index contributed by atoms with van der Waals surface area (Å²) in [7, 11) is 0. The zero-order valence-corrected chi connectivity index (χ0v) is 16.1. The highest BCUT2D eigenvalue weighted by atomic mass is 16.2. The van der Waals surface area contributed by atoms with E-state index in [4.69, 9.17) is 0 Å². The Morgan fingerprint density at radius 3 is 2.39 bits per heavy atom. The van der Waals surface area contributed by atoms with Gasteiger partial charge in [0.05, 0.1) is 18.0 Å². The van der Waals surface area contributed by atoms with Crippen LogP contribution in [0, 0.1) is 6.92 Å². The second-order valence-electron chi connectivity index (χ2n) is 8.01. The van der Waals surface area contributed by atoms with Crippen LogP contribution in [0.15, 0.2) is 60.7 Å². The molecule has 1 aliphatic carbocycles. The Morgan fingerprint density at radius 2 is 1.71 bits per heavy atom. The maximum absolute atomic E-state index is 13.6. The third kappa shape index (κ3) is 2.82. The van der Waals surface area contributed by atoms with Crippen molar-refractivity contribution in [3.63, 3.8) is 0 Å². The normalized spacial score (nSPS) is 19.9. The van der Waals surface area contributed by atoms with Crippen molar-refractivity contribution < 1.29 is 4.79 Å². The first-order valence-electron chi connectivity index (χ1n) is 9.96. The summed E-state index contributed by atoms with van der Waals surface area (Å²) in [6, 6.07) is 20.8. The number of benzene rings is 2. The molecule has 1 amide bonds. The molecular weight excluding hydrogens is 348 g/mol. The number of hydrogen-bond acceptors (Lipinski definition) is 3. The number of hydrogen-bond donors (Lipinski definition) is 0. The molecule has 5 rings (SSSR count). The number of carbonyl (C=O) groups is 1. The molecule has 3 aromatic rings. The van der Waals surface area contributed by atoms with Gasteiger partial charge in [-0.25, -0.2) is 0 Å². The first-order chi connectivity index (χ1) is 13.7. The molecule has 0 bridgehead atoms. The minimum absolute atomic E-state index is 0.164. The number of rotatable bonds is 4. The van der Waals surface area contributed by atoms with E-state index in [0.717, 1.165) is 36.5 Å². The Morgan fingerprint density at radius 1 is 1.04 bits per heavy atom. The van der Waals surface area contributed by atoms with Crippen LogP contribution in [0.1, 0.15) is 41.7 Å². The molecule has 28 heavy (non-hydrogen) atoms. The van der Waals surface area contributed by atoms with E-state index in [1.54, 1.807) is 0 Å². The van der Waals surface area contributed by atoms with E-state index < -0.39 is 0 Å². The number of fused-ring (bicyclic) bond motifs is 1. The maximum atomic E-state index is 13.6. The van der Waals surface area contributed by atoms with Crippen molar-refractivity contribution in [1.29, 1.82) is 0 Å². The van der Waals surface area contributed by atoms with E-state index in [1.165, 1.54) is 5.56 Å². The molecule has 5 heteroatoms. The molecule has 1 saturated carbocycles. The van der Waals surface area contributed by atoms with Crippen LogP contribution in [-0.4, -0.2) is 32.1 Å². The first kappa shape index (κ1) is 17.2. The van der Waals surface area contributed by atoms with Crippen LogP contribution in [0.25, 0.3) is 0 Å². The molecule has 2 aliphatic rings. The predicted octanol–water partition coefficient (Wildman–Crippen LogP) is 3.44. The van der Waals surface area contributed by atoms with E-state index in [1.807, 2.05) is 36.1 Å². The van der Waals surface area contributed by atoms with Gasteiger partial charge < -0.3 is 9.47 Å². The van der Waals surface area contributed by atoms with Gasteiger partial charge in [0.2, 0.25) is 5.91 Å². The molecule has 2 aromatic carbocycles. The zero-order valence-electron chi connectivity index (χ0n) is 16.1. The van der Waals surface area contributed by atoms with E-state index in [-0.39, 0.29) is 17.4 Å². The Kier molecular flexibility index (Phi) is 4.04. The van der Waals surface area contributed by atoms with Gasteiger partial charge in [0.25, 0.3) is 0 Å². The summed E-state index contributed by atoms with van der Waals surface area (Å²) in [6.45, 7) is 3.24. The molecule has 0 radical (unpaired) electrons. The molecule has 0 N–H and O–H groups in total. The predicted molar refractivity (Wildman–Crippen MR) is 107 cm³/mol. The lowest BCUT2D eigenvalue weighted by Crippen LogP contribution is -2.46. The molecule has 0 unspecified atom stereocenters. The van der Waals surface area contributed by atoms with Gasteiger partial charge in [0.1, 0.15) is 5.82 Å². The second kappa shape index (κ2) is 6.59. The molecule has 0 saturated heterocycles. The Bertz CT molecular complexity index is 992. The van der Waals surface area contributed by atoms with Crippen molar-refractivity contribution in [2.75, 3.05) is 6.54 Å². The first-order valence-corrected chi connectivity index (χ1v) is 9.96. The SMILES string of the molecule is Cc1nnc2n1[C@H](Cc1ccccc1)CN(C(=O)C1(c3ccccc3)CC1)C2. The van der Waals surface area contributed by atoms with Crippen molar-refractivity contribution in [3.05, 3.63) is 83.4 Å². The van der Waals surface area contributed by atoms with Gasteiger partial charge in [-0.15, -0.1) is 10.2 Å². The lowest BCUT2D eigenvalue weighted by atomic mass is 9.93. The summed E-state index contributed by atoms with van der Waals surface area (Å²) >= 11 is 0. The third-order valence-corrected chi connectivity index (χ3v) is 6.15. The van der Waals surface area contributed by atoms with E-state index in [2.05, 4.69) is 51.2 Å². The van der Waals surface area contributed by atoms with E-state index in [9.17, 15) is 4.79 Å². The molecule has 1 aliphatic heterocycles. The van der Waals surface area contributed by atoms with Gasteiger partial charge in [-0.2, -0.15) is 0 Å². The van der Waals surface area contributed by atoms with Gasteiger partial charge in [0.15, 0.2) is 5.82 Å². The molecule has 1 fully saturated rings. The molecule has 2 heterocycles. The fourth-order valence-corrected chi connectivity index (χ4v) is 4.57. The van der Waals surface area contributed by atoms with Crippen molar-refractivity contribution in [2.24, 2.45) is 0 Å². The number of nitrogens with zero attached hydrogens (tertiary/aromatic N) is 4. The van der Waals surface area contributed by atoms with Crippen LogP contribution in [0.2, 0.25) is 0 Å². The average Bonchev–Trinajstić information content (AvgIpc) is 3.46. The molecule has 5 nitrogen and oxygen atoms in total. The Hall–Kier alpha value is -2.95. The quantitative estimate of drug-likeness (QED) is 0.705. The van der Waals surface area contributed by atoms with Crippen LogP contribution in [0.4, 0.5) is 0 Å². The summed E-state index contributed by atoms with van der Waals surface area (Å²) in [4.78, 5) is 15.6. The number of aromatic nitrogens is 3. The minimum Gasteiger partial charge on any atom is -0.332 e. The fraction of sp³-hybridized carbons (Fsp3) is 0.348. The largest absolute Gasteiger partial charge is 0.332 e. The lowest BCUT2D eigenvalue weighted by Gasteiger charge is -2.36. The summed E-state index contributed by atoms with van der Waals surface area (Å²) in [5.41, 5.74) is 2.07. The van der Waals surface area contributed by atoms with Crippen molar-refractivity contribution in [2.45, 2.75) is 44.2 Å². The third-order valence-electron chi connectivity index (χ3n) is 6.15. The highest BCUT2D eigenvalue weighted by Crippen LogP contribution is 2.50. The van der Waals surface area contributed by atoms with Gasteiger partial charge in [-0.3, -0.25) is 4.79 Å². The molecule has 1 aromatic heterocycles. The fourth-order valence-electron chi connectivity index (χ4n) is 4.57. The van der Waals surface area contributed by atoms with Crippen LogP contribution >= 0.6 is 0 Å². The number of aryl methyl sites for hydroxylation is 1. The molecule has 1 atom stereocenters. The molecule has 0 spiro atoms. The van der Waals surface area contributed by atoms with Crippen molar-refractivity contribution in [3.8, 4) is 0 Å². The number of amides is 1. The maximum Gasteiger partial charge on any atom is 0.233 e. The topological polar surface area (TPSA) is 51.0 Å². The monoisotopic (exact) mass is 372 g/mol. The van der Waals surface area contributed by atoms with E-state index in [0.29, 0.717) is 13.1 Å². The van der Waals surface area contributed by atoms with Gasteiger partial charge in [-0.05, 0) is 37.3 Å². The average molecular weight is 372 g/mol. The Labute approximate surface area is 165 Å². The van der Waals surface area contributed by atoms with Crippen LogP contribution in [0.3, 0.4) is 0 Å². The molecular formula is C23H24N4O.